The number of nitrogens with zero attached hydrogens (tertiary/aromatic N) is 4. The van der Waals surface area contributed by atoms with Crippen molar-refractivity contribution in [2.45, 2.75) is 6.92 Å². The number of benzene rings is 8. The molecule has 0 saturated heterocycles. The zero-order chi connectivity index (χ0) is 39.0. The monoisotopic (exact) mass is 742 g/mol. The van der Waals surface area contributed by atoms with E-state index in [4.69, 9.17) is 19.4 Å². The summed E-state index contributed by atoms with van der Waals surface area (Å²) in [6, 6.07) is 66.7. The van der Waals surface area contributed by atoms with E-state index in [0.29, 0.717) is 23.0 Å². The normalized spacial score (nSPS) is 11.2. The zero-order valence-electron chi connectivity index (χ0n) is 31.6. The number of aromatic nitrogens is 3. The van der Waals surface area contributed by atoms with Gasteiger partial charge in [0, 0.05) is 27.5 Å². The fourth-order valence-corrected chi connectivity index (χ4v) is 7.76. The molecule has 0 fully saturated rings. The predicted molar refractivity (Wildman–Crippen MR) is 235 cm³/mol. The highest BCUT2D eigenvalue weighted by molar-refractivity contribution is 6.13. The summed E-state index contributed by atoms with van der Waals surface area (Å²) in [5.74, 6) is 1.70. The number of rotatable bonds is 7. The molecule has 0 radical (unpaired) electrons. The van der Waals surface area contributed by atoms with Gasteiger partial charge >= 0.3 is 0 Å². The van der Waals surface area contributed by atoms with Gasteiger partial charge in [0.05, 0.1) is 11.6 Å². The molecule has 10 rings (SSSR count). The molecule has 0 unspecified atom stereocenters. The van der Waals surface area contributed by atoms with Crippen LogP contribution in [0.25, 0.3) is 101 Å². The summed E-state index contributed by atoms with van der Waals surface area (Å²) in [5.41, 5.74) is 14.7. The Morgan fingerprint density at radius 2 is 0.897 bits per heavy atom. The minimum absolute atomic E-state index is 0.552. The average Bonchev–Trinajstić information content (AvgIpc) is 3.68. The SMILES string of the molecule is Cc1cc(C#N)cc(-c2ccc(-c3nc(-c4ccccc4)nc(-c4ccc5c(c4)oc4cccc(-c6cc(-c7ccccc7)cc(-c7ccccc7)c6)c45)n3)cc2)c1. The van der Waals surface area contributed by atoms with Crippen LogP contribution in [0.1, 0.15) is 11.1 Å². The zero-order valence-corrected chi connectivity index (χ0v) is 31.6. The van der Waals surface area contributed by atoms with Gasteiger partial charge in [-0.15, -0.1) is 0 Å². The molecule has 2 heterocycles. The third-order valence-corrected chi connectivity index (χ3v) is 10.6. The van der Waals surface area contributed by atoms with Gasteiger partial charge in [-0.05, 0) is 106 Å². The quantitative estimate of drug-likeness (QED) is 0.162. The van der Waals surface area contributed by atoms with E-state index < -0.39 is 0 Å². The van der Waals surface area contributed by atoms with E-state index in [1.54, 1.807) is 0 Å². The van der Waals surface area contributed by atoms with Crippen molar-refractivity contribution >= 4 is 21.9 Å². The second-order valence-corrected chi connectivity index (χ2v) is 14.5. The molecule has 2 aromatic heterocycles. The van der Waals surface area contributed by atoms with Crippen molar-refractivity contribution in [2.24, 2.45) is 0 Å². The number of nitriles is 1. The number of furan rings is 1. The van der Waals surface area contributed by atoms with Crippen molar-refractivity contribution in [1.82, 2.24) is 15.0 Å². The van der Waals surface area contributed by atoms with E-state index >= 15 is 0 Å². The molecule has 8 aromatic carbocycles. The highest BCUT2D eigenvalue weighted by Gasteiger charge is 2.18. The lowest BCUT2D eigenvalue weighted by atomic mass is 9.91. The Balaban J connectivity index is 1.08. The van der Waals surface area contributed by atoms with Crippen molar-refractivity contribution in [1.29, 1.82) is 5.26 Å². The summed E-state index contributed by atoms with van der Waals surface area (Å²) in [7, 11) is 0. The standard InChI is InChI=1S/C53H34N4O/c1-34-26-35(33-54)28-42(27-34)38-20-22-40(23-21-38)52-55-51(39-16-9-4-10-17-39)56-53(57-52)41-24-25-47-49(32-41)58-48-19-11-18-46(50(47)48)45-30-43(36-12-5-2-6-13-36)29-44(31-45)37-14-7-3-8-15-37/h2-32H,1H3. The second-order valence-electron chi connectivity index (χ2n) is 14.5. The van der Waals surface area contributed by atoms with Crippen LogP contribution in [0.2, 0.25) is 0 Å². The molecule has 0 aliphatic heterocycles. The Kier molecular flexibility index (Phi) is 8.70. The summed E-state index contributed by atoms with van der Waals surface area (Å²) in [4.78, 5) is 15.0. The molecule has 0 spiro atoms. The maximum atomic E-state index is 9.53. The average molecular weight is 743 g/mol. The number of fused-ring (bicyclic) bond motifs is 3. The summed E-state index contributed by atoms with van der Waals surface area (Å²) < 4.78 is 6.63. The van der Waals surface area contributed by atoms with Crippen molar-refractivity contribution < 1.29 is 4.42 Å². The maximum Gasteiger partial charge on any atom is 0.164 e. The summed E-state index contributed by atoms with van der Waals surface area (Å²) >= 11 is 0. The van der Waals surface area contributed by atoms with Crippen LogP contribution >= 0.6 is 0 Å². The molecule has 5 nitrogen and oxygen atoms in total. The van der Waals surface area contributed by atoms with Crippen LogP contribution in [-0.2, 0) is 0 Å². The first kappa shape index (κ1) is 34.5. The number of aryl methyl sites for hydroxylation is 1. The topological polar surface area (TPSA) is 75.6 Å². The van der Waals surface area contributed by atoms with Gasteiger partial charge in [0.15, 0.2) is 17.5 Å². The van der Waals surface area contributed by atoms with Gasteiger partial charge in [0.25, 0.3) is 0 Å². The van der Waals surface area contributed by atoms with E-state index in [-0.39, 0.29) is 0 Å². The van der Waals surface area contributed by atoms with Gasteiger partial charge < -0.3 is 4.42 Å². The van der Waals surface area contributed by atoms with E-state index in [1.165, 1.54) is 11.1 Å². The fraction of sp³-hybridized carbons (Fsp3) is 0.0189. The minimum atomic E-state index is 0.552. The largest absolute Gasteiger partial charge is 0.456 e. The van der Waals surface area contributed by atoms with Crippen LogP contribution < -0.4 is 0 Å². The number of hydrogen-bond donors (Lipinski definition) is 0. The second kappa shape index (κ2) is 14.6. The molecule has 0 N–H and O–H groups in total. The Labute approximate surface area is 336 Å². The lowest BCUT2D eigenvalue weighted by molar-refractivity contribution is 0.669. The molecule has 0 atom stereocenters. The van der Waals surface area contributed by atoms with Crippen molar-refractivity contribution in [3.8, 4) is 84.7 Å². The van der Waals surface area contributed by atoms with Gasteiger partial charge in [-0.25, -0.2) is 15.0 Å². The summed E-state index contributed by atoms with van der Waals surface area (Å²) in [5, 5.41) is 11.6. The Hall–Kier alpha value is -7.94. The van der Waals surface area contributed by atoms with Crippen LogP contribution in [0, 0.1) is 18.3 Å². The van der Waals surface area contributed by atoms with E-state index in [1.807, 2.05) is 85.8 Å². The fourth-order valence-electron chi connectivity index (χ4n) is 7.76. The van der Waals surface area contributed by atoms with Gasteiger partial charge in [0.2, 0.25) is 0 Å². The van der Waals surface area contributed by atoms with Crippen LogP contribution in [0.3, 0.4) is 0 Å². The van der Waals surface area contributed by atoms with Gasteiger partial charge in [0.1, 0.15) is 11.2 Å². The van der Waals surface area contributed by atoms with Crippen molar-refractivity contribution in [3.05, 3.63) is 199 Å². The summed E-state index contributed by atoms with van der Waals surface area (Å²) in [6.07, 6.45) is 0. The van der Waals surface area contributed by atoms with Crippen molar-refractivity contribution in [3.63, 3.8) is 0 Å². The first-order valence-electron chi connectivity index (χ1n) is 19.2. The van der Waals surface area contributed by atoms with Crippen LogP contribution in [-0.4, -0.2) is 15.0 Å². The van der Waals surface area contributed by atoms with Gasteiger partial charge in [-0.3, -0.25) is 0 Å². The smallest absolute Gasteiger partial charge is 0.164 e. The van der Waals surface area contributed by atoms with Gasteiger partial charge in [-0.1, -0.05) is 140 Å². The van der Waals surface area contributed by atoms with Crippen LogP contribution in [0.15, 0.2) is 192 Å². The molecule has 0 amide bonds. The highest BCUT2D eigenvalue weighted by Crippen LogP contribution is 2.41. The Morgan fingerprint density at radius 1 is 0.397 bits per heavy atom. The Morgan fingerprint density at radius 3 is 1.52 bits per heavy atom. The molecule has 58 heavy (non-hydrogen) atoms. The molecule has 0 aliphatic rings. The molecule has 5 heteroatoms. The first-order valence-corrected chi connectivity index (χ1v) is 19.2. The van der Waals surface area contributed by atoms with Crippen LogP contribution in [0.5, 0.6) is 0 Å². The predicted octanol–water partition coefficient (Wildman–Crippen LogP) is 13.6. The third-order valence-electron chi connectivity index (χ3n) is 10.6. The number of hydrogen-bond acceptors (Lipinski definition) is 5. The van der Waals surface area contributed by atoms with Crippen molar-refractivity contribution in [2.75, 3.05) is 0 Å². The highest BCUT2D eigenvalue weighted by atomic mass is 16.3. The minimum Gasteiger partial charge on any atom is -0.456 e. The lowest BCUT2D eigenvalue weighted by Gasteiger charge is -2.12. The Bertz CT molecular complexity index is 3110. The molecule has 0 bridgehead atoms. The molecule has 272 valence electrons. The molecule has 10 aromatic rings. The molecular formula is C53H34N4O. The first-order chi connectivity index (χ1) is 28.6. The molecular weight excluding hydrogens is 709 g/mol. The lowest BCUT2D eigenvalue weighted by Crippen LogP contribution is -2.00. The van der Waals surface area contributed by atoms with Gasteiger partial charge in [-0.2, -0.15) is 5.26 Å². The summed E-state index contributed by atoms with van der Waals surface area (Å²) in [6.45, 7) is 2.00. The molecule has 0 aliphatic carbocycles. The van der Waals surface area contributed by atoms with E-state index in [2.05, 4.69) is 115 Å². The third kappa shape index (κ3) is 6.59. The van der Waals surface area contributed by atoms with Crippen LogP contribution in [0.4, 0.5) is 0 Å². The van der Waals surface area contributed by atoms with E-state index in [9.17, 15) is 5.26 Å². The van der Waals surface area contributed by atoms with E-state index in [0.717, 1.165) is 77.6 Å². The molecule has 0 saturated carbocycles. The maximum absolute atomic E-state index is 9.53.